The molecule has 1 aliphatic heterocycles. The van der Waals surface area contributed by atoms with E-state index in [9.17, 15) is 17.6 Å². The van der Waals surface area contributed by atoms with Crippen LogP contribution in [0.2, 0.25) is 0 Å². The standard InChI is InChI=1S/C27H31FN4O4S/c1-3-36-25-12-14-26(15-13-25)37(34,35)32(24-8-4-21(28)5-9-24)20-27(33)29-22-6-10-23(11-7-22)31-18-16-30(2)17-19-31/h4-15H,3,16-20H2,1-2H3,(H,29,33). The zero-order chi connectivity index (χ0) is 26.4. The Labute approximate surface area is 217 Å². The van der Waals surface area contributed by atoms with Crippen molar-refractivity contribution in [3.8, 4) is 5.75 Å². The molecule has 37 heavy (non-hydrogen) atoms. The van der Waals surface area contributed by atoms with Crippen LogP contribution in [-0.4, -0.2) is 65.6 Å². The third kappa shape index (κ3) is 6.58. The fraction of sp³-hybridized carbons (Fsp3) is 0.296. The SMILES string of the molecule is CCOc1ccc(S(=O)(=O)N(CC(=O)Nc2ccc(N3CCN(C)CC3)cc2)c2ccc(F)cc2)cc1. The number of carbonyl (C=O) groups is 1. The Morgan fingerprint density at radius 1 is 0.946 bits per heavy atom. The lowest BCUT2D eigenvalue weighted by atomic mass is 10.2. The van der Waals surface area contributed by atoms with Gasteiger partial charge in [0, 0.05) is 37.6 Å². The molecule has 196 valence electrons. The van der Waals surface area contributed by atoms with Crippen molar-refractivity contribution >= 4 is 33.0 Å². The average molecular weight is 527 g/mol. The summed E-state index contributed by atoms with van der Waals surface area (Å²) in [6.07, 6.45) is 0. The minimum Gasteiger partial charge on any atom is -0.494 e. The minimum absolute atomic E-state index is 0.00962. The first kappa shape index (κ1) is 26.4. The zero-order valence-corrected chi connectivity index (χ0v) is 21.7. The van der Waals surface area contributed by atoms with E-state index in [1.165, 1.54) is 24.3 Å². The van der Waals surface area contributed by atoms with Crippen molar-refractivity contribution in [1.82, 2.24) is 4.90 Å². The Bertz CT molecular complexity index is 1290. The predicted octanol–water partition coefficient (Wildman–Crippen LogP) is 3.81. The Balaban J connectivity index is 1.51. The molecule has 0 aromatic heterocycles. The van der Waals surface area contributed by atoms with E-state index in [4.69, 9.17) is 4.74 Å². The van der Waals surface area contributed by atoms with E-state index >= 15 is 0 Å². The molecular weight excluding hydrogens is 495 g/mol. The first-order valence-corrected chi connectivity index (χ1v) is 13.5. The van der Waals surface area contributed by atoms with Crippen LogP contribution >= 0.6 is 0 Å². The van der Waals surface area contributed by atoms with E-state index in [0.717, 1.165) is 48.3 Å². The van der Waals surface area contributed by atoms with E-state index in [0.29, 0.717) is 18.0 Å². The molecule has 0 saturated carbocycles. The van der Waals surface area contributed by atoms with Gasteiger partial charge in [0.2, 0.25) is 5.91 Å². The van der Waals surface area contributed by atoms with Gasteiger partial charge in [0.15, 0.2) is 0 Å². The number of carbonyl (C=O) groups excluding carboxylic acids is 1. The quantitative estimate of drug-likeness (QED) is 0.457. The van der Waals surface area contributed by atoms with Crippen LogP contribution in [0.4, 0.5) is 21.5 Å². The predicted molar refractivity (Wildman–Crippen MR) is 143 cm³/mol. The van der Waals surface area contributed by atoms with Gasteiger partial charge in [-0.2, -0.15) is 0 Å². The Hall–Kier alpha value is -3.63. The maximum absolute atomic E-state index is 13.6. The van der Waals surface area contributed by atoms with Gasteiger partial charge < -0.3 is 19.9 Å². The second kappa shape index (κ2) is 11.6. The number of piperazine rings is 1. The Morgan fingerprint density at radius 2 is 1.57 bits per heavy atom. The highest BCUT2D eigenvalue weighted by Gasteiger charge is 2.27. The van der Waals surface area contributed by atoms with Crippen LogP contribution in [0.1, 0.15) is 6.92 Å². The van der Waals surface area contributed by atoms with E-state index in [-0.39, 0.29) is 10.6 Å². The van der Waals surface area contributed by atoms with Crippen molar-refractivity contribution in [2.45, 2.75) is 11.8 Å². The maximum atomic E-state index is 13.6. The molecular formula is C27H31FN4O4S. The second-order valence-electron chi connectivity index (χ2n) is 8.78. The summed E-state index contributed by atoms with van der Waals surface area (Å²) in [7, 11) is -2.03. The third-order valence-electron chi connectivity index (χ3n) is 6.14. The summed E-state index contributed by atoms with van der Waals surface area (Å²) in [5.74, 6) is -0.495. The fourth-order valence-electron chi connectivity index (χ4n) is 4.08. The molecule has 0 unspecified atom stereocenters. The normalized spacial score (nSPS) is 14.3. The number of sulfonamides is 1. The van der Waals surface area contributed by atoms with Gasteiger partial charge in [-0.1, -0.05) is 0 Å². The summed E-state index contributed by atoms with van der Waals surface area (Å²) in [6.45, 7) is 5.63. The Kier molecular flexibility index (Phi) is 8.30. The first-order chi connectivity index (χ1) is 17.8. The van der Waals surface area contributed by atoms with Gasteiger partial charge >= 0.3 is 0 Å². The summed E-state index contributed by atoms with van der Waals surface area (Å²) >= 11 is 0. The lowest BCUT2D eigenvalue weighted by molar-refractivity contribution is -0.114. The average Bonchev–Trinajstić information content (AvgIpc) is 2.89. The minimum atomic E-state index is -4.13. The van der Waals surface area contributed by atoms with Crippen molar-refractivity contribution < 1.29 is 22.3 Å². The van der Waals surface area contributed by atoms with Gasteiger partial charge in [0.05, 0.1) is 17.2 Å². The third-order valence-corrected chi connectivity index (χ3v) is 7.93. The number of rotatable bonds is 9. The zero-order valence-electron chi connectivity index (χ0n) is 20.9. The summed E-state index contributed by atoms with van der Waals surface area (Å²) in [6, 6.07) is 18.4. The lowest BCUT2D eigenvalue weighted by Crippen LogP contribution is -2.44. The number of likely N-dealkylation sites (N-methyl/N-ethyl adjacent to an activating group) is 1. The van der Waals surface area contributed by atoms with Crippen LogP contribution in [0.15, 0.2) is 77.7 Å². The molecule has 0 aliphatic carbocycles. The first-order valence-electron chi connectivity index (χ1n) is 12.1. The van der Waals surface area contributed by atoms with Gasteiger partial charge in [-0.25, -0.2) is 12.8 Å². The second-order valence-corrected chi connectivity index (χ2v) is 10.6. The smallest absolute Gasteiger partial charge is 0.264 e. The molecule has 8 nitrogen and oxygen atoms in total. The number of amides is 1. The monoisotopic (exact) mass is 526 g/mol. The molecule has 10 heteroatoms. The van der Waals surface area contributed by atoms with Gasteiger partial charge in [0.1, 0.15) is 18.1 Å². The molecule has 1 N–H and O–H groups in total. The molecule has 1 aliphatic rings. The number of hydrogen-bond acceptors (Lipinski definition) is 6. The number of halogens is 1. The molecule has 1 fully saturated rings. The Morgan fingerprint density at radius 3 is 2.16 bits per heavy atom. The van der Waals surface area contributed by atoms with Crippen LogP contribution in [0.3, 0.4) is 0 Å². The van der Waals surface area contributed by atoms with Crippen LogP contribution in [0, 0.1) is 5.82 Å². The summed E-state index contributed by atoms with van der Waals surface area (Å²) in [5, 5.41) is 2.77. The highest BCUT2D eigenvalue weighted by atomic mass is 32.2. The molecule has 3 aromatic carbocycles. The van der Waals surface area contributed by atoms with Crippen molar-refractivity contribution in [2.75, 3.05) is 60.9 Å². The number of anilines is 3. The highest BCUT2D eigenvalue weighted by molar-refractivity contribution is 7.92. The van der Waals surface area contributed by atoms with Crippen LogP contribution in [0.25, 0.3) is 0 Å². The molecule has 3 aromatic rings. The van der Waals surface area contributed by atoms with Gasteiger partial charge in [-0.3, -0.25) is 9.10 Å². The van der Waals surface area contributed by atoms with Crippen LogP contribution in [-0.2, 0) is 14.8 Å². The van der Waals surface area contributed by atoms with Crippen molar-refractivity contribution in [3.63, 3.8) is 0 Å². The molecule has 0 radical (unpaired) electrons. The summed E-state index contributed by atoms with van der Waals surface area (Å²) in [4.78, 5) is 17.5. The number of ether oxygens (including phenoxy) is 1. The lowest BCUT2D eigenvalue weighted by Gasteiger charge is -2.34. The number of hydrogen-bond donors (Lipinski definition) is 1. The van der Waals surface area contributed by atoms with Gasteiger partial charge in [-0.05, 0) is 86.8 Å². The van der Waals surface area contributed by atoms with E-state index in [1.807, 2.05) is 19.1 Å². The molecule has 4 rings (SSSR count). The van der Waals surface area contributed by atoms with Crippen LogP contribution < -0.4 is 19.3 Å². The summed E-state index contributed by atoms with van der Waals surface area (Å²) < 4.78 is 47.0. The van der Waals surface area contributed by atoms with E-state index in [2.05, 4.69) is 22.2 Å². The molecule has 0 atom stereocenters. The molecule has 0 bridgehead atoms. The molecule has 1 amide bonds. The highest BCUT2D eigenvalue weighted by Crippen LogP contribution is 2.26. The van der Waals surface area contributed by atoms with Crippen molar-refractivity contribution in [2.24, 2.45) is 0 Å². The molecule has 0 spiro atoms. The van der Waals surface area contributed by atoms with Crippen molar-refractivity contribution in [1.29, 1.82) is 0 Å². The topological polar surface area (TPSA) is 82.2 Å². The maximum Gasteiger partial charge on any atom is 0.264 e. The van der Waals surface area contributed by atoms with E-state index in [1.54, 1.807) is 24.3 Å². The molecule has 1 heterocycles. The number of nitrogens with zero attached hydrogens (tertiary/aromatic N) is 3. The summed E-state index contributed by atoms with van der Waals surface area (Å²) in [5.41, 5.74) is 1.80. The van der Waals surface area contributed by atoms with Gasteiger partial charge in [-0.15, -0.1) is 0 Å². The largest absolute Gasteiger partial charge is 0.494 e. The van der Waals surface area contributed by atoms with E-state index < -0.39 is 28.3 Å². The van der Waals surface area contributed by atoms with Crippen LogP contribution in [0.5, 0.6) is 5.75 Å². The van der Waals surface area contributed by atoms with Gasteiger partial charge in [0.25, 0.3) is 10.0 Å². The number of benzene rings is 3. The molecule has 1 saturated heterocycles. The fourth-order valence-corrected chi connectivity index (χ4v) is 5.50. The van der Waals surface area contributed by atoms with Crippen molar-refractivity contribution in [3.05, 3.63) is 78.6 Å². The number of nitrogens with one attached hydrogen (secondary N) is 1.